The molecule has 1 aliphatic carbocycles. The summed E-state index contributed by atoms with van der Waals surface area (Å²) in [4.78, 5) is 11.2. The third-order valence-electron chi connectivity index (χ3n) is 1.96. The molecule has 2 rings (SSSR count). The Morgan fingerprint density at radius 2 is 2.09 bits per heavy atom. The van der Waals surface area contributed by atoms with Crippen molar-refractivity contribution >= 4 is 17.4 Å². The van der Waals surface area contributed by atoms with E-state index in [1.807, 2.05) is 24.3 Å². The average molecular weight is 167 g/mol. The lowest BCUT2D eigenvalue weighted by Gasteiger charge is -1.97. The van der Waals surface area contributed by atoms with E-state index in [2.05, 4.69) is 0 Å². The molecule has 0 radical (unpaired) electrons. The first-order valence-corrected chi connectivity index (χ1v) is 3.99. The van der Waals surface area contributed by atoms with Gasteiger partial charge in [-0.25, -0.2) is 0 Å². The predicted octanol–water partition coefficient (Wildman–Crippen LogP) is 2.55. The zero-order valence-electron chi connectivity index (χ0n) is 5.88. The maximum Gasteiger partial charge on any atom is 0.165 e. The van der Waals surface area contributed by atoms with E-state index in [0.29, 0.717) is 6.42 Å². The quantitative estimate of drug-likeness (QED) is 0.542. The molecule has 2 heteroatoms. The van der Waals surface area contributed by atoms with Crippen molar-refractivity contribution in [2.75, 3.05) is 0 Å². The summed E-state index contributed by atoms with van der Waals surface area (Å²) in [5.74, 6) is 0.167. The standard InChI is InChI=1S/C9H7ClO/c10-8-5-9(11)7-4-2-1-3-6(7)8/h1-4,8H,5H2. The second-order valence-corrected chi connectivity index (χ2v) is 3.21. The molecular weight excluding hydrogens is 160 g/mol. The van der Waals surface area contributed by atoms with Gasteiger partial charge >= 0.3 is 0 Å². The molecule has 11 heavy (non-hydrogen) atoms. The molecule has 56 valence electrons. The minimum atomic E-state index is -0.0984. The van der Waals surface area contributed by atoms with Gasteiger partial charge in [-0.2, -0.15) is 0 Å². The van der Waals surface area contributed by atoms with E-state index >= 15 is 0 Å². The fraction of sp³-hybridized carbons (Fsp3) is 0.222. The summed E-state index contributed by atoms with van der Waals surface area (Å²) < 4.78 is 0. The van der Waals surface area contributed by atoms with E-state index in [9.17, 15) is 4.79 Å². The van der Waals surface area contributed by atoms with Crippen LogP contribution in [0.1, 0.15) is 27.7 Å². The molecule has 0 fully saturated rings. The summed E-state index contributed by atoms with van der Waals surface area (Å²) in [7, 11) is 0. The van der Waals surface area contributed by atoms with Crippen molar-refractivity contribution in [1.29, 1.82) is 0 Å². The highest BCUT2D eigenvalue weighted by Crippen LogP contribution is 2.35. The lowest BCUT2D eigenvalue weighted by atomic mass is 10.1. The van der Waals surface area contributed by atoms with E-state index < -0.39 is 0 Å². The van der Waals surface area contributed by atoms with Gasteiger partial charge in [-0.1, -0.05) is 24.3 Å². The molecule has 0 spiro atoms. The molecule has 1 atom stereocenters. The predicted molar refractivity (Wildman–Crippen MR) is 44.0 cm³/mol. The van der Waals surface area contributed by atoms with Crippen molar-refractivity contribution in [3.8, 4) is 0 Å². The molecule has 0 amide bonds. The molecule has 0 saturated carbocycles. The number of Topliss-reactive ketones (excluding diaryl/α,β-unsaturated/α-hetero) is 1. The number of carbonyl (C=O) groups excluding carboxylic acids is 1. The summed E-state index contributed by atoms with van der Waals surface area (Å²) in [6.45, 7) is 0. The van der Waals surface area contributed by atoms with Gasteiger partial charge in [-0.15, -0.1) is 11.6 Å². The number of fused-ring (bicyclic) bond motifs is 1. The minimum Gasteiger partial charge on any atom is -0.294 e. The Bertz CT molecular complexity index is 306. The Kier molecular flexibility index (Phi) is 1.46. The monoisotopic (exact) mass is 166 g/mol. The topological polar surface area (TPSA) is 17.1 Å². The van der Waals surface area contributed by atoms with E-state index in [1.165, 1.54) is 0 Å². The first-order chi connectivity index (χ1) is 5.29. The van der Waals surface area contributed by atoms with Gasteiger partial charge in [-0.3, -0.25) is 4.79 Å². The summed E-state index contributed by atoms with van der Waals surface area (Å²) in [5, 5.41) is -0.0984. The van der Waals surface area contributed by atoms with Gasteiger partial charge in [0, 0.05) is 12.0 Å². The molecule has 0 heterocycles. The van der Waals surface area contributed by atoms with Crippen molar-refractivity contribution in [3.63, 3.8) is 0 Å². The SMILES string of the molecule is O=C1CC(Cl)c2ccccc21. The van der Waals surface area contributed by atoms with Gasteiger partial charge in [0.05, 0.1) is 5.38 Å². The van der Waals surface area contributed by atoms with Crippen molar-refractivity contribution in [1.82, 2.24) is 0 Å². The summed E-state index contributed by atoms with van der Waals surface area (Å²) in [6, 6.07) is 7.52. The van der Waals surface area contributed by atoms with Gasteiger partial charge in [0.25, 0.3) is 0 Å². The van der Waals surface area contributed by atoms with Gasteiger partial charge in [0.2, 0.25) is 0 Å². The van der Waals surface area contributed by atoms with E-state index in [-0.39, 0.29) is 11.2 Å². The van der Waals surface area contributed by atoms with Crippen LogP contribution in [0, 0.1) is 0 Å². The van der Waals surface area contributed by atoms with Crippen LogP contribution >= 0.6 is 11.6 Å². The van der Waals surface area contributed by atoms with Crippen LogP contribution < -0.4 is 0 Å². The number of rotatable bonds is 0. The average Bonchev–Trinajstić information content (AvgIpc) is 2.30. The number of alkyl halides is 1. The van der Waals surface area contributed by atoms with Crippen LogP contribution in [0.4, 0.5) is 0 Å². The summed E-state index contributed by atoms with van der Waals surface area (Å²) in [6.07, 6.45) is 0.459. The van der Waals surface area contributed by atoms with Crippen molar-refractivity contribution in [3.05, 3.63) is 35.4 Å². The fourth-order valence-corrected chi connectivity index (χ4v) is 1.74. The Morgan fingerprint density at radius 3 is 2.82 bits per heavy atom. The van der Waals surface area contributed by atoms with Crippen LogP contribution in [0.5, 0.6) is 0 Å². The van der Waals surface area contributed by atoms with Crippen LogP contribution in [0.25, 0.3) is 0 Å². The van der Waals surface area contributed by atoms with E-state index in [4.69, 9.17) is 11.6 Å². The second-order valence-electron chi connectivity index (χ2n) is 2.68. The molecule has 0 aliphatic heterocycles. The molecule has 0 bridgehead atoms. The first-order valence-electron chi connectivity index (χ1n) is 3.55. The Balaban J connectivity index is 2.60. The fourth-order valence-electron chi connectivity index (χ4n) is 1.41. The lowest BCUT2D eigenvalue weighted by Crippen LogP contribution is -1.88. The zero-order chi connectivity index (χ0) is 7.84. The van der Waals surface area contributed by atoms with Crippen molar-refractivity contribution in [2.24, 2.45) is 0 Å². The smallest absolute Gasteiger partial charge is 0.165 e. The largest absolute Gasteiger partial charge is 0.294 e. The molecule has 0 aromatic heterocycles. The summed E-state index contributed by atoms with van der Waals surface area (Å²) >= 11 is 5.92. The third-order valence-corrected chi connectivity index (χ3v) is 2.35. The van der Waals surface area contributed by atoms with Gasteiger partial charge in [0.15, 0.2) is 5.78 Å². The van der Waals surface area contributed by atoms with Crippen LogP contribution in [-0.2, 0) is 0 Å². The highest BCUT2D eigenvalue weighted by Gasteiger charge is 2.26. The molecule has 1 aliphatic rings. The van der Waals surface area contributed by atoms with Gasteiger partial charge in [0.1, 0.15) is 0 Å². The Labute approximate surface area is 70.0 Å². The number of carbonyl (C=O) groups is 1. The highest BCUT2D eigenvalue weighted by molar-refractivity contribution is 6.25. The van der Waals surface area contributed by atoms with Crippen LogP contribution in [0.3, 0.4) is 0 Å². The normalized spacial score (nSPS) is 21.9. The molecule has 1 aromatic rings. The molecule has 1 unspecified atom stereocenters. The number of hydrogen-bond acceptors (Lipinski definition) is 1. The van der Waals surface area contributed by atoms with Crippen LogP contribution in [0.15, 0.2) is 24.3 Å². The number of benzene rings is 1. The molecule has 0 saturated heterocycles. The van der Waals surface area contributed by atoms with Crippen molar-refractivity contribution < 1.29 is 4.79 Å². The van der Waals surface area contributed by atoms with Gasteiger partial charge in [-0.05, 0) is 5.56 Å². The zero-order valence-corrected chi connectivity index (χ0v) is 6.64. The van der Waals surface area contributed by atoms with E-state index in [0.717, 1.165) is 11.1 Å². The van der Waals surface area contributed by atoms with E-state index in [1.54, 1.807) is 0 Å². The third kappa shape index (κ3) is 0.962. The molecule has 1 aromatic carbocycles. The Hall–Kier alpha value is -0.820. The molecule has 1 nitrogen and oxygen atoms in total. The maximum absolute atomic E-state index is 11.2. The maximum atomic E-state index is 11.2. The minimum absolute atomic E-state index is 0.0984. The number of ketones is 1. The summed E-state index contributed by atoms with van der Waals surface area (Å²) in [5.41, 5.74) is 1.78. The first kappa shape index (κ1) is 6.86. The lowest BCUT2D eigenvalue weighted by molar-refractivity contribution is 0.0993. The molecular formula is C9H7ClO. The number of halogens is 1. The van der Waals surface area contributed by atoms with Crippen LogP contribution in [-0.4, -0.2) is 5.78 Å². The van der Waals surface area contributed by atoms with Gasteiger partial charge < -0.3 is 0 Å². The van der Waals surface area contributed by atoms with Crippen LogP contribution in [0.2, 0.25) is 0 Å². The number of hydrogen-bond donors (Lipinski definition) is 0. The Morgan fingerprint density at radius 1 is 1.36 bits per heavy atom. The molecule has 0 N–H and O–H groups in total. The van der Waals surface area contributed by atoms with Crippen molar-refractivity contribution in [2.45, 2.75) is 11.8 Å². The second kappa shape index (κ2) is 2.35. The highest BCUT2D eigenvalue weighted by atomic mass is 35.5.